The number of carbonyl (C=O) groups is 1. The minimum absolute atomic E-state index is 0.0585. The average molecular weight is 273 g/mol. The van der Waals surface area contributed by atoms with E-state index in [9.17, 15) is 4.79 Å². The van der Waals surface area contributed by atoms with E-state index in [0.29, 0.717) is 5.69 Å². The van der Waals surface area contributed by atoms with Gasteiger partial charge in [0.1, 0.15) is 11.4 Å². The molecule has 0 aliphatic rings. The van der Waals surface area contributed by atoms with Crippen molar-refractivity contribution in [2.24, 2.45) is 0 Å². The van der Waals surface area contributed by atoms with Crippen LogP contribution in [-0.2, 0) is 11.2 Å². The van der Waals surface area contributed by atoms with Gasteiger partial charge in [-0.3, -0.25) is 9.78 Å². The molecule has 4 heteroatoms. The van der Waals surface area contributed by atoms with E-state index in [4.69, 9.17) is 9.84 Å². The Hall–Kier alpha value is -2.10. The van der Waals surface area contributed by atoms with E-state index in [1.165, 1.54) is 0 Å². The molecule has 0 spiro atoms. The van der Waals surface area contributed by atoms with Crippen LogP contribution in [0, 0.1) is 6.92 Å². The fourth-order valence-electron chi connectivity index (χ4n) is 2.11. The highest BCUT2D eigenvalue weighted by atomic mass is 16.5. The SMILES string of the molecule is Cc1cc(CC(=O)O)nc2ccc(OC(C)(C)C)cc12. The molecule has 0 atom stereocenters. The Morgan fingerprint density at radius 1 is 1.30 bits per heavy atom. The van der Waals surface area contributed by atoms with Gasteiger partial charge in [0.05, 0.1) is 17.6 Å². The number of hydrogen-bond acceptors (Lipinski definition) is 3. The lowest BCUT2D eigenvalue weighted by Gasteiger charge is -2.21. The molecule has 1 N–H and O–H groups in total. The third kappa shape index (κ3) is 3.47. The molecule has 0 bridgehead atoms. The molecule has 2 rings (SSSR count). The second-order valence-electron chi connectivity index (χ2n) is 5.89. The molecule has 1 heterocycles. The lowest BCUT2D eigenvalue weighted by atomic mass is 10.1. The lowest BCUT2D eigenvalue weighted by Crippen LogP contribution is -2.22. The zero-order valence-corrected chi connectivity index (χ0v) is 12.2. The van der Waals surface area contributed by atoms with Gasteiger partial charge in [-0.05, 0) is 57.5 Å². The monoisotopic (exact) mass is 273 g/mol. The maximum Gasteiger partial charge on any atom is 0.309 e. The predicted molar refractivity (Wildman–Crippen MR) is 78.2 cm³/mol. The number of carboxylic acid groups (broad SMARTS) is 1. The topological polar surface area (TPSA) is 59.4 Å². The number of aliphatic carboxylic acids is 1. The van der Waals surface area contributed by atoms with Gasteiger partial charge in [0.2, 0.25) is 0 Å². The number of carboxylic acids is 1. The van der Waals surface area contributed by atoms with E-state index >= 15 is 0 Å². The summed E-state index contributed by atoms with van der Waals surface area (Å²) in [5.41, 5.74) is 2.12. The van der Waals surface area contributed by atoms with E-state index < -0.39 is 5.97 Å². The Morgan fingerprint density at radius 2 is 2.00 bits per heavy atom. The van der Waals surface area contributed by atoms with Crippen LogP contribution in [0.2, 0.25) is 0 Å². The van der Waals surface area contributed by atoms with Crippen molar-refractivity contribution < 1.29 is 14.6 Å². The quantitative estimate of drug-likeness (QED) is 0.931. The molecular weight excluding hydrogens is 254 g/mol. The summed E-state index contributed by atoms with van der Waals surface area (Å²) in [6.07, 6.45) is -0.0585. The standard InChI is InChI=1S/C16H19NO3/c1-10-7-11(8-15(18)19)17-14-6-5-12(9-13(10)14)20-16(2,3)4/h5-7,9H,8H2,1-4H3,(H,18,19). The van der Waals surface area contributed by atoms with Gasteiger partial charge >= 0.3 is 5.97 Å². The maximum atomic E-state index is 10.8. The number of hydrogen-bond donors (Lipinski definition) is 1. The Bertz CT molecular complexity index is 657. The van der Waals surface area contributed by atoms with Crippen LogP contribution < -0.4 is 4.74 Å². The molecule has 0 unspecified atom stereocenters. The second kappa shape index (κ2) is 5.12. The lowest BCUT2D eigenvalue weighted by molar-refractivity contribution is -0.136. The van der Waals surface area contributed by atoms with Crippen LogP contribution in [0.3, 0.4) is 0 Å². The molecule has 106 valence electrons. The summed E-state index contributed by atoms with van der Waals surface area (Å²) >= 11 is 0. The first-order chi connectivity index (χ1) is 9.24. The van der Waals surface area contributed by atoms with Crippen LogP contribution in [0.4, 0.5) is 0 Å². The summed E-state index contributed by atoms with van der Waals surface area (Å²) in [6.45, 7) is 7.95. The number of benzene rings is 1. The van der Waals surface area contributed by atoms with Crippen molar-refractivity contribution in [2.75, 3.05) is 0 Å². The van der Waals surface area contributed by atoms with Gasteiger partial charge < -0.3 is 9.84 Å². The van der Waals surface area contributed by atoms with Crippen LogP contribution in [0.25, 0.3) is 10.9 Å². The van der Waals surface area contributed by atoms with E-state index in [2.05, 4.69) is 4.98 Å². The van der Waals surface area contributed by atoms with Gasteiger partial charge in [-0.25, -0.2) is 0 Å². The molecule has 20 heavy (non-hydrogen) atoms. The van der Waals surface area contributed by atoms with Gasteiger partial charge in [-0.1, -0.05) is 0 Å². The van der Waals surface area contributed by atoms with Crippen molar-refractivity contribution in [3.8, 4) is 5.75 Å². The summed E-state index contributed by atoms with van der Waals surface area (Å²) in [7, 11) is 0. The highest BCUT2D eigenvalue weighted by Crippen LogP contribution is 2.26. The van der Waals surface area contributed by atoms with Crippen molar-refractivity contribution in [2.45, 2.75) is 39.7 Å². The first-order valence-electron chi connectivity index (χ1n) is 6.56. The summed E-state index contributed by atoms with van der Waals surface area (Å²) in [4.78, 5) is 15.1. The predicted octanol–water partition coefficient (Wildman–Crippen LogP) is 3.35. The van der Waals surface area contributed by atoms with E-state index in [-0.39, 0.29) is 12.0 Å². The molecule has 0 amide bonds. The van der Waals surface area contributed by atoms with Crippen molar-refractivity contribution in [3.63, 3.8) is 0 Å². The highest BCUT2D eigenvalue weighted by Gasteiger charge is 2.13. The first-order valence-corrected chi connectivity index (χ1v) is 6.56. The Kier molecular flexibility index (Phi) is 3.66. The number of ether oxygens (including phenoxy) is 1. The third-order valence-electron chi connectivity index (χ3n) is 2.80. The van der Waals surface area contributed by atoms with Crippen LogP contribution in [0.5, 0.6) is 5.75 Å². The first kappa shape index (κ1) is 14.3. The number of pyridine rings is 1. The van der Waals surface area contributed by atoms with Gasteiger partial charge in [-0.2, -0.15) is 0 Å². The smallest absolute Gasteiger partial charge is 0.309 e. The van der Waals surface area contributed by atoms with Crippen molar-refractivity contribution >= 4 is 16.9 Å². The second-order valence-corrected chi connectivity index (χ2v) is 5.89. The number of nitrogens with zero attached hydrogens (tertiary/aromatic N) is 1. The number of aryl methyl sites for hydroxylation is 1. The molecule has 0 saturated carbocycles. The van der Waals surface area contributed by atoms with Crippen LogP contribution in [0.15, 0.2) is 24.3 Å². The number of rotatable bonds is 3. The molecule has 0 aliphatic heterocycles. The normalized spacial score (nSPS) is 11.6. The van der Waals surface area contributed by atoms with E-state index in [1.54, 1.807) is 0 Å². The fraction of sp³-hybridized carbons (Fsp3) is 0.375. The molecule has 1 aromatic carbocycles. The molecule has 2 aromatic rings. The van der Waals surface area contributed by atoms with Gasteiger partial charge in [0, 0.05) is 5.39 Å². The average Bonchev–Trinajstić information content (AvgIpc) is 2.27. The summed E-state index contributed by atoms with van der Waals surface area (Å²) in [6, 6.07) is 7.50. The molecular formula is C16H19NO3. The van der Waals surface area contributed by atoms with Crippen molar-refractivity contribution in [3.05, 3.63) is 35.5 Å². The molecule has 0 fully saturated rings. The van der Waals surface area contributed by atoms with Crippen LogP contribution in [0.1, 0.15) is 32.0 Å². The molecule has 0 aliphatic carbocycles. The van der Waals surface area contributed by atoms with Crippen molar-refractivity contribution in [1.82, 2.24) is 4.98 Å². The Labute approximate surface area is 118 Å². The van der Waals surface area contributed by atoms with Crippen LogP contribution >= 0.6 is 0 Å². The van der Waals surface area contributed by atoms with Gasteiger partial charge in [0.15, 0.2) is 0 Å². The maximum absolute atomic E-state index is 10.8. The minimum Gasteiger partial charge on any atom is -0.488 e. The molecule has 4 nitrogen and oxygen atoms in total. The van der Waals surface area contributed by atoms with Gasteiger partial charge in [0.25, 0.3) is 0 Å². The summed E-state index contributed by atoms with van der Waals surface area (Å²) in [5, 5.41) is 9.83. The zero-order chi connectivity index (χ0) is 14.9. The van der Waals surface area contributed by atoms with E-state index in [1.807, 2.05) is 52.0 Å². The number of fused-ring (bicyclic) bond motifs is 1. The summed E-state index contributed by atoms with van der Waals surface area (Å²) in [5.74, 6) is -0.0789. The highest BCUT2D eigenvalue weighted by molar-refractivity contribution is 5.84. The largest absolute Gasteiger partial charge is 0.488 e. The summed E-state index contributed by atoms with van der Waals surface area (Å²) < 4.78 is 5.84. The van der Waals surface area contributed by atoms with E-state index in [0.717, 1.165) is 22.2 Å². The van der Waals surface area contributed by atoms with Crippen molar-refractivity contribution in [1.29, 1.82) is 0 Å². The molecule has 0 saturated heterocycles. The fourth-order valence-corrected chi connectivity index (χ4v) is 2.11. The minimum atomic E-state index is -0.871. The Morgan fingerprint density at radius 3 is 2.60 bits per heavy atom. The number of aromatic nitrogens is 1. The molecule has 0 radical (unpaired) electrons. The zero-order valence-electron chi connectivity index (χ0n) is 12.2. The third-order valence-corrected chi connectivity index (χ3v) is 2.80. The van der Waals surface area contributed by atoms with Gasteiger partial charge in [-0.15, -0.1) is 0 Å². The Balaban J connectivity index is 2.44. The molecule has 1 aromatic heterocycles. The van der Waals surface area contributed by atoms with Crippen LogP contribution in [-0.4, -0.2) is 21.7 Å².